The normalized spacial score (nSPS) is 12.0. The number of benzene rings is 1. The number of carbonyl (C=O) groups excluding carboxylic acids is 1. The highest BCUT2D eigenvalue weighted by Gasteiger charge is 2.22. The molecule has 7 heteroatoms. The summed E-state index contributed by atoms with van der Waals surface area (Å²) in [5.41, 5.74) is 4.83. The zero-order valence-electron chi connectivity index (χ0n) is 16.3. The molecule has 1 unspecified atom stereocenters. The molecule has 1 aromatic carbocycles. The van der Waals surface area contributed by atoms with E-state index in [1.807, 2.05) is 51.1 Å². The Labute approximate surface area is 164 Å². The van der Waals surface area contributed by atoms with Gasteiger partial charge in [-0.15, -0.1) is 0 Å². The van der Waals surface area contributed by atoms with Crippen molar-refractivity contribution in [1.29, 1.82) is 0 Å². The van der Waals surface area contributed by atoms with E-state index in [1.54, 1.807) is 7.05 Å². The van der Waals surface area contributed by atoms with Crippen molar-refractivity contribution in [3.05, 3.63) is 57.5 Å². The van der Waals surface area contributed by atoms with Crippen molar-refractivity contribution in [2.75, 3.05) is 6.61 Å². The van der Waals surface area contributed by atoms with Gasteiger partial charge in [0.15, 0.2) is 5.16 Å². The minimum Gasteiger partial charge on any atom is -0.290 e. The van der Waals surface area contributed by atoms with Crippen LogP contribution >= 0.6 is 11.8 Å². The first kappa shape index (κ1) is 21.2. The van der Waals surface area contributed by atoms with Crippen LogP contribution in [0.25, 0.3) is 0 Å². The fourth-order valence-corrected chi connectivity index (χ4v) is 3.87. The standard InChI is InChI=1S/C20H27N3O3S/c1-5-10-17(18(24)22-26-6-2)27-20-21-14(3)16(19(25)23(20)4)13-15-11-8-7-9-12-15/h7-9,11-12,17H,5-6,10,13H2,1-4H3,(H,22,24). The highest BCUT2D eigenvalue weighted by atomic mass is 32.2. The van der Waals surface area contributed by atoms with Crippen LogP contribution in [-0.2, 0) is 23.1 Å². The van der Waals surface area contributed by atoms with Gasteiger partial charge in [0, 0.05) is 24.7 Å². The highest BCUT2D eigenvalue weighted by Crippen LogP contribution is 2.25. The molecule has 0 bridgehead atoms. The molecule has 0 radical (unpaired) electrons. The fourth-order valence-electron chi connectivity index (χ4n) is 2.68. The molecule has 2 rings (SSSR count). The molecule has 1 aromatic heterocycles. The van der Waals surface area contributed by atoms with E-state index in [0.29, 0.717) is 35.9 Å². The first-order valence-corrected chi connectivity index (χ1v) is 10.0. The highest BCUT2D eigenvalue weighted by molar-refractivity contribution is 8.00. The number of hydrogen-bond donors (Lipinski definition) is 1. The average Bonchev–Trinajstić information content (AvgIpc) is 2.67. The summed E-state index contributed by atoms with van der Waals surface area (Å²) in [5, 5.41) is 0.179. The Morgan fingerprint density at radius 2 is 2.00 bits per heavy atom. The molecule has 27 heavy (non-hydrogen) atoms. The van der Waals surface area contributed by atoms with Crippen LogP contribution in [0.3, 0.4) is 0 Å². The zero-order valence-corrected chi connectivity index (χ0v) is 17.1. The molecule has 0 aliphatic carbocycles. The van der Waals surface area contributed by atoms with E-state index in [2.05, 4.69) is 10.5 Å². The third-order valence-corrected chi connectivity index (χ3v) is 5.49. The molecule has 0 saturated carbocycles. The monoisotopic (exact) mass is 389 g/mol. The van der Waals surface area contributed by atoms with Crippen molar-refractivity contribution in [2.45, 2.75) is 50.4 Å². The predicted molar refractivity (Wildman–Crippen MR) is 108 cm³/mol. The first-order valence-electron chi connectivity index (χ1n) is 9.16. The summed E-state index contributed by atoms with van der Waals surface area (Å²) in [4.78, 5) is 34.8. The minimum absolute atomic E-state index is 0.0747. The van der Waals surface area contributed by atoms with Gasteiger partial charge in [-0.3, -0.25) is 19.0 Å². The summed E-state index contributed by atoms with van der Waals surface area (Å²) in [6, 6.07) is 9.86. The van der Waals surface area contributed by atoms with Gasteiger partial charge in [0.05, 0.1) is 11.9 Å². The van der Waals surface area contributed by atoms with Crippen molar-refractivity contribution in [3.63, 3.8) is 0 Å². The van der Waals surface area contributed by atoms with E-state index < -0.39 is 0 Å². The summed E-state index contributed by atoms with van der Waals surface area (Å²) in [6.07, 6.45) is 2.06. The third-order valence-electron chi connectivity index (χ3n) is 4.18. The minimum atomic E-state index is -0.362. The number of aromatic nitrogens is 2. The van der Waals surface area contributed by atoms with Gasteiger partial charge in [0.1, 0.15) is 0 Å². The Hall–Kier alpha value is -2.12. The Morgan fingerprint density at radius 3 is 2.63 bits per heavy atom. The molecule has 1 heterocycles. The fraction of sp³-hybridized carbons (Fsp3) is 0.450. The second-order valence-electron chi connectivity index (χ2n) is 6.28. The van der Waals surface area contributed by atoms with E-state index in [4.69, 9.17) is 4.84 Å². The lowest BCUT2D eigenvalue weighted by molar-refractivity contribution is -0.132. The summed E-state index contributed by atoms with van der Waals surface area (Å²) >= 11 is 1.30. The van der Waals surface area contributed by atoms with Gasteiger partial charge in [0.25, 0.3) is 11.5 Å². The molecule has 0 saturated heterocycles. The molecule has 2 aromatic rings. The SMILES string of the molecule is CCCC(Sc1nc(C)c(Cc2ccccc2)c(=O)n1C)C(=O)NOCC. The second kappa shape index (κ2) is 10.3. The number of hydrogen-bond acceptors (Lipinski definition) is 5. The molecule has 0 fully saturated rings. The molecule has 0 aliphatic rings. The summed E-state index contributed by atoms with van der Waals surface area (Å²) in [6.45, 7) is 6.07. The smallest absolute Gasteiger partial charge is 0.257 e. The Morgan fingerprint density at radius 1 is 1.30 bits per heavy atom. The maximum Gasteiger partial charge on any atom is 0.257 e. The van der Waals surface area contributed by atoms with Crippen LogP contribution in [0, 0.1) is 6.92 Å². The summed E-state index contributed by atoms with van der Waals surface area (Å²) < 4.78 is 1.53. The van der Waals surface area contributed by atoms with Gasteiger partial charge in [0.2, 0.25) is 0 Å². The third kappa shape index (κ3) is 5.68. The first-order chi connectivity index (χ1) is 13.0. The number of hydroxylamine groups is 1. The number of thioether (sulfide) groups is 1. The number of amides is 1. The van der Waals surface area contributed by atoms with Gasteiger partial charge >= 0.3 is 0 Å². The number of aryl methyl sites for hydroxylation is 1. The van der Waals surface area contributed by atoms with E-state index in [1.165, 1.54) is 16.3 Å². The number of nitrogens with zero attached hydrogens (tertiary/aromatic N) is 2. The maximum atomic E-state index is 12.9. The van der Waals surface area contributed by atoms with Gasteiger partial charge in [-0.05, 0) is 25.8 Å². The van der Waals surface area contributed by atoms with Crippen LogP contribution in [0.15, 0.2) is 40.3 Å². The quantitative estimate of drug-likeness (QED) is 0.405. The lowest BCUT2D eigenvalue weighted by Crippen LogP contribution is -2.34. The van der Waals surface area contributed by atoms with E-state index in [-0.39, 0.29) is 16.7 Å². The zero-order chi connectivity index (χ0) is 19.8. The second-order valence-corrected chi connectivity index (χ2v) is 7.45. The van der Waals surface area contributed by atoms with Crippen LogP contribution in [0.1, 0.15) is 43.5 Å². The van der Waals surface area contributed by atoms with E-state index in [0.717, 1.165) is 12.0 Å². The number of nitrogens with one attached hydrogen (secondary N) is 1. The van der Waals surface area contributed by atoms with Crippen molar-refractivity contribution in [1.82, 2.24) is 15.0 Å². The molecule has 1 atom stereocenters. The number of carbonyl (C=O) groups is 1. The largest absolute Gasteiger partial charge is 0.290 e. The molecule has 0 spiro atoms. The molecule has 6 nitrogen and oxygen atoms in total. The molecule has 146 valence electrons. The molecule has 1 N–H and O–H groups in total. The summed E-state index contributed by atoms with van der Waals surface area (Å²) in [7, 11) is 1.70. The van der Waals surface area contributed by atoms with Crippen LogP contribution in [0.2, 0.25) is 0 Å². The van der Waals surface area contributed by atoms with Gasteiger partial charge in [-0.1, -0.05) is 55.4 Å². The maximum absolute atomic E-state index is 12.9. The Kier molecular flexibility index (Phi) is 8.06. The van der Waals surface area contributed by atoms with Gasteiger partial charge in [-0.2, -0.15) is 0 Å². The molecule has 0 aliphatic heterocycles. The Bertz CT molecular complexity index is 821. The Balaban J connectivity index is 2.27. The lowest BCUT2D eigenvalue weighted by atomic mass is 10.1. The van der Waals surface area contributed by atoms with Gasteiger partial charge in [-0.25, -0.2) is 10.5 Å². The number of rotatable bonds is 9. The van der Waals surface area contributed by atoms with E-state index in [9.17, 15) is 9.59 Å². The van der Waals surface area contributed by atoms with Crippen molar-refractivity contribution >= 4 is 17.7 Å². The van der Waals surface area contributed by atoms with Crippen LogP contribution < -0.4 is 11.0 Å². The van der Waals surface area contributed by atoms with Crippen molar-refractivity contribution in [3.8, 4) is 0 Å². The van der Waals surface area contributed by atoms with Crippen molar-refractivity contribution in [2.24, 2.45) is 7.05 Å². The molecular weight excluding hydrogens is 362 g/mol. The van der Waals surface area contributed by atoms with Crippen LogP contribution in [-0.4, -0.2) is 27.3 Å². The lowest BCUT2D eigenvalue weighted by Gasteiger charge is -2.17. The molecule has 1 amide bonds. The molecular formula is C20H27N3O3S. The summed E-state index contributed by atoms with van der Waals surface area (Å²) in [5.74, 6) is -0.205. The average molecular weight is 390 g/mol. The van der Waals surface area contributed by atoms with Crippen LogP contribution in [0.4, 0.5) is 0 Å². The van der Waals surface area contributed by atoms with Crippen LogP contribution in [0.5, 0.6) is 0 Å². The topological polar surface area (TPSA) is 73.2 Å². The predicted octanol–water partition coefficient (Wildman–Crippen LogP) is 3.01. The van der Waals surface area contributed by atoms with E-state index >= 15 is 0 Å². The van der Waals surface area contributed by atoms with Crippen molar-refractivity contribution < 1.29 is 9.63 Å². The van der Waals surface area contributed by atoms with Gasteiger partial charge < -0.3 is 0 Å².